The van der Waals surface area contributed by atoms with E-state index in [4.69, 9.17) is 10.5 Å². The van der Waals surface area contributed by atoms with Crippen molar-refractivity contribution in [2.45, 2.75) is 63.2 Å². The summed E-state index contributed by atoms with van der Waals surface area (Å²) in [6.45, 7) is 3.13. The lowest BCUT2D eigenvalue weighted by Crippen LogP contribution is -2.59. The highest BCUT2D eigenvalue weighted by atomic mass is 16.5. The Balaban J connectivity index is 2.03. The molecule has 3 unspecified atom stereocenters. The predicted octanol–water partition coefficient (Wildman–Crippen LogP) is 1.37. The van der Waals surface area contributed by atoms with Crippen LogP contribution < -0.4 is 5.73 Å². The van der Waals surface area contributed by atoms with E-state index in [1.807, 2.05) is 0 Å². The SMILES string of the molecule is COCC(C)N1C2CCCC1CC(N)C2. The Kier molecular flexibility index (Phi) is 3.65. The molecule has 2 N–H and O–H groups in total. The first kappa shape index (κ1) is 11.4. The van der Waals surface area contributed by atoms with Crippen molar-refractivity contribution in [3.8, 4) is 0 Å². The summed E-state index contributed by atoms with van der Waals surface area (Å²) in [6.07, 6.45) is 6.42. The number of nitrogens with zero attached hydrogens (tertiary/aromatic N) is 1. The molecule has 2 fully saturated rings. The normalized spacial score (nSPS) is 39.0. The summed E-state index contributed by atoms with van der Waals surface area (Å²) in [7, 11) is 1.79. The van der Waals surface area contributed by atoms with E-state index in [0.717, 1.165) is 18.7 Å². The van der Waals surface area contributed by atoms with Crippen molar-refractivity contribution in [1.29, 1.82) is 0 Å². The third-order valence-electron chi connectivity index (χ3n) is 3.98. The highest BCUT2D eigenvalue weighted by Crippen LogP contribution is 2.34. The van der Waals surface area contributed by atoms with Crippen LogP contribution in [0.25, 0.3) is 0 Å². The van der Waals surface area contributed by atoms with E-state index < -0.39 is 0 Å². The number of piperidine rings is 2. The fourth-order valence-corrected chi connectivity index (χ4v) is 3.51. The standard InChI is InChI=1S/C12H24N2O/c1-9(8-15-2)14-11-4-3-5-12(14)7-10(13)6-11/h9-12H,3-8,13H2,1-2H3. The first-order valence-corrected chi connectivity index (χ1v) is 6.24. The maximum absolute atomic E-state index is 6.10. The van der Waals surface area contributed by atoms with Gasteiger partial charge in [-0.3, -0.25) is 4.90 Å². The van der Waals surface area contributed by atoms with Crippen molar-refractivity contribution < 1.29 is 4.74 Å². The van der Waals surface area contributed by atoms with Crippen molar-refractivity contribution in [2.24, 2.45) is 5.73 Å². The zero-order valence-corrected chi connectivity index (χ0v) is 9.98. The Morgan fingerprint density at radius 2 is 1.93 bits per heavy atom. The van der Waals surface area contributed by atoms with E-state index in [1.54, 1.807) is 7.11 Å². The van der Waals surface area contributed by atoms with Crippen molar-refractivity contribution in [3.05, 3.63) is 0 Å². The van der Waals surface area contributed by atoms with E-state index in [-0.39, 0.29) is 0 Å². The molecular weight excluding hydrogens is 188 g/mol. The molecule has 2 heterocycles. The molecule has 3 atom stereocenters. The molecule has 2 saturated heterocycles. The summed E-state index contributed by atoms with van der Waals surface area (Å²) in [4.78, 5) is 2.68. The molecule has 88 valence electrons. The van der Waals surface area contributed by atoms with Gasteiger partial charge in [0.2, 0.25) is 0 Å². The quantitative estimate of drug-likeness (QED) is 0.768. The summed E-state index contributed by atoms with van der Waals surface area (Å²) in [5.74, 6) is 0. The van der Waals surface area contributed by atoms with Crippen LogP contribution in [0.1, 0.15) is 39.0 Å². The Hall–Kier alpha value is -0.120. The summed E-state index contributed by atoms with van der Waals surface area (Å²) < 4.78 is 5.28. The largest absolute Gasteiger partial charge is 0.383 e. The summed E-state index contributed by atoms with van der Waals surface area (Å²) in [6, 6.07) is 2.43. The van der Waals surface area contributed by atoms with Gasteiger partial charge in [-0.25, -0.2) is 0 Å². The van der Waals surface area contributed by atoms with Crippen molar-refractivity contribution in [3.63, 3.8) is 0 Å². The van der Waals surface area contributed by atoms with Crippen molar-refractivity contribution in [1.82, 2.24) is 4.90 Å². The lowest BCUT2D eigenvalue weighted by Gasteiger charge is -2.50. The van der Waals surface area contributed by atoms with Crippen LogP contribution in [0.5, 0.6) is 0 Å². The molecule has 2 rings (SSSR count). The lowest BCUT2D eigenvalue weighted by atomic mass is 9.81. The number of fused-ring (bicyclic) bond motifs is 2. The minimum Gasteiger partial charge on any atom is -0.383 e. The second kappa shape index (κ2) is 4.81. The average molecular weight is 212 g/mol. The molecule has 0 radical (unpaired) electrons. The van der Waals surface area contributed by atoms with Gasteiger partial charge in [-0.05, 0) is 32.6 Å². The van der Waals surface area contributed by atoms with E-state index in [0.29, 0.717) is 12.1 Å². The summed E-state index contributed by atoms with van der Waals surface area (Å²) in [5.41, 5.74) is 6.10. The Morgan fingerprint density at radius 3 is 2.47 bits per heavy atom. The van der Waals surface area contributed by atoms with Gasteiger partial charge in [0.15, 0.2) is 0 Å². The number of nitrogens with two attached hydrogens (primary N) is 1. The lowest BCUT2D eigenvalue weighted by molar-refractivity contribution is -0.0240. The van der Waals surface area contributed by atoms with Crippen LogP contribution in [-0.4, -0.2) is 42.8 Å². The van der Waals surface area contributed by atoms with Gasteiger partial charge in [0.1, 0.15) is 0 Å². The molecule has 2 aliphatic heterocycles. The molecule has 0 aromatic carbocycles. The smallest absolute Gasteiger partial charge is 0.0615 e. The van der Waals surface area contributed by atoms with Crippen LogP contribution in [0.4, 0.5) is 0 Å². The molecule has 3 heteroatoms. The molecule has 0 aliphatic carbocycles. The number of hydrogen-bond donors (Lipinski definition) is 1. The summed E-state index contributed by atoms with van der Waals surface area (Å²) >= 11 is 0. The van der Waals surface area contributed by atoms with E-state index in [2.05, 4.69) is 11.8 Å². The Labute approximate surface area is 93.0 Å². The first-order chi connectivity index (χ1) is 7.22. The minimum absolute atomic E-state index is 0.436. The van der Waals surface area contributed by atoms with Gasteiger partial charge in [0, 0.05) is 31.3 Å². The number of rotatable bonds is 3. The molecule has 0 aromatic rings. The number of ether oxygens (including phenoxy) is 1. The van der Waals surface area contributed by atoms with Gasteiger partial charge in [-0.15, -0.1) is 0 Å². The Morgan fingerprint density at radius 1 is 1.33 bits per heavy atom. The van der Waals surface area contributed by atoms with E-state index in [1.165, 1.54) is 32.1 Å². The predicted molar refractivity (Wildman–Crippen MR) is 61.8 cm³/mol. The molecule has 0 amide bonds. The molecule has 0 aromatic heterocycles. The van der Waals surface area contributed by atoms with Crippen LogP contribution in [0.3, 0.4) is 0 Å². The van der Waals surface area contributed by atoms with Gasteiger partial charge in [-0.2, -0.15) is 0 Å². The van der Waals surface area contributed by atoms with Crippen molar-refractivity contribution in [2.75, 3.05) is 13.7 Å². The van der Waals surface area contributed by atoms with Gasteiger partial charge >= 0.3 is 0 Å². The fraction of sp³-hybridized carbons (Fsp3) is 1.00. The van der Waals surface area contributed by atoms with E-state index >= 15 is 0 Å². The summed E-state index contributed by atoms with van der Waals surface area (Å²) in [5, 5.41) is 0. The van der Waals surface area contributed by atoms with Gasteiger partial charge in [0.05, 0.1) is 6.61 Å². The minimum atomic E-state index is 0.436. The van der Waals surface area contributed by atoms with Crippen LogP contribution in [0.2, 0.25) is 0 Å². The molecular formula is C12H24N2O. The zero-order chi connectivity index (χ0) is 10.8. The van der Waals surface area contributed by atoms with Crippen LogP contribution in [0.15, 0.2) is 0 Å². The fourth-order valence-electron chi connectivity index (χ4n) is 3.51. The highest BCUT2D eigenvalue weighted by molar-refractivity contribution is 4.95. The maximum atomic E-state index is 6.10. The molecule has 3 nitrogen and oxygen atoms in total. The topological polar surface area (TPSA) is 38.5 Å². The second-order valence-corrected chi connectivity index (χ2v) is 5.22. The maximum Gasteiger partial charge on any atom is 0.0615 e. The first-order valence-electron chi connectivity index (χ1n) is 6.24. The third kappa shape index (κ3) is 2.35. The number of methoxy groups -OCH3 is 1. The third-order valence-corrected chi connectivity index (χ3v) is 3.98. The van der Waals surface area contributed by atoms with Gasteiger partial charge in [-0.1, -0.05) is 6.42 Å². The highest BCUT2D eigenvalue weighted by Gasteiger charge is 2.39. The Bertz CT molecular complexity index is 196. The average Bonchev–Trinajstić information content (AvgIpc) is 2.16. The van der Waals surface area contributed by atoms with Gasteiger partial charge < -0.3 is 10.5 Å². The monoisotopic (exact) mass is 212 g/mol. The van der Waals surface area contributed by atoms with Gasteiger partial charge in [0.25, 0.3) is 0 Å². The van der Waals surface area contributed by atoms with Crippen LogP contribution in [0, 0.1) is 0 Å². The zero-order valence-electron chi connectivity index (χ0n) is 9.98. The van der Waals surface area contributed by atoms with E-state index in [9.17, 15) is 0 Å². The second-order valence-electron chi connectivity index (χ2n) is 5.22. The molecule has 2 aliphatic rings. The molecule has 0 spiro atoms. The molecule has 0 saturated carbocycles. The molecule has 2 bridgehead atoms. The van der Waals surface area contributed by atoms with Crippen LogP contribution >= 0.6 is 0 Å². The van der Waals surface area contributed by atoms with Crippen molar-refractivity contribution >= 4 is 0 Å². The number of hydrogen-bond acceptors (Lipinski definition) is 3. The molecule has 15 heavy (non-hydrogen) atoms. The van der Waals surface area contributed by atoms with Crippen LogP contribution in [-0.2, 0) is 4.74 Å².